The second-order valence-electron chi connectivity index (χ2n) is 6.01. The number of amides is 2. The quantitative estimate of drug-likeness (QED) is 0.514. The van der Waals surface area contributed by atoms with E-state index in [4.69, 9.17) is 9.47 Å². The molecule has 1 aromatic heterocycles. The second kappa shape index (κ2) is 8.87. The van der Waals surface area contributed by atoms with Gasteiger partial charge in [-0.15, -0.1) is 0 Å². The Morgan fingerprint density at radius 3 is 2.38 bits per heavy atom. The van der Waals surface area contributed by atoms with Crippen molar-refractivity contribution < 1.29 is 19.1 Å². The highest BCUT2D eigenvalue weighted by molar-refractivity contribution is 5.95. The van der Waals surface area contributed by atoms with Crippen molar-refractivity contribution in [3.05, 3.63) is 64.2 Å². The van der Waals surface area contributed by atoms with E-state index >= 15 is 0 Å². The Morgan fingerprint density at radius 1 is 0.966 bits per heavy atom. The van der Waals surface area contributed by atoms with E-state index in [1.807, 2.05) is 0 Å². The zero-order valence-electron chi connectivity index (χ0n) is 15.9. The number of hydrogen-bond donors (Lipinski definition) is 3. The molecule has 0 spiro atoms. The molecule has 0 aliphatic carbocycles. The highest BCUT2D eigenvalue weighted by Crippen LogP contribution is 2.27. The number of benzene rings is 2. The molecule has 3 aromatic rings. The van der Waals surface area contributed by atoms with E-state index in [1.165, 1.54) is 14.2 Å². The first kappa shape index (κ1) is 19.9. The van der Waals surface area contributed by atoms with Crippen LogP contribution in [0.25, 0.3) is 10.9 Å². The summed E-state index contributed by atoms with van der Waals surface area (Å²) in [4.78, 5) is 43.1. The van der Waals surface area contributed by atoms with Crippen molar-refractivity contribution in [2.24, 2.45) is 0 Å². The predicted molar refractivity (Wildman–Crippen MR) is 107 cm³/mol. The van der Waals surface area contributed by atoms with Gasteiger partial charge in [-0.05, 0) is 30.3 Å². The van der Waals surface area contributed by atoms with Crippen molar-refractivity contribution in [1.82, 2.24) is 20.6 Å². The first-order chi connectivity index (χ1) is 14.0. The van der Waals surface area contributed by atoms with Crippen molar-refractivity contribution in [1.29, 1.82) is 0 Å². The fourth-order valence-corrected chi connectivity index (χ4v) is 2.71. The van der Waals surface area contributed by atoms with Gasteiger partial charge in [-0.1, -0.05) is 12.1 Å². The van der Waals surface area contributed by atoms with Gasteiger partial charge in [0.05, 0.1) is 25.1 Å². The molecule has 2 aromatic carbocycles. The van der Waals surface area contributed by atoms with E-state index < -0.39 is 5.91 Å². The Bertz CT molecular complexity index is 1110. The number of rotatable bonds is 7. The molecule has 0 aliphatic heterocycles. The summed E-state index contributed by atoms with van der Waals surface area (Å²) in [6, 6.07) is 11.6. The first-order valence-electron chi connectivity index (χ1n) is 8.81. The van der Waals surface area contributed by atoms with Crippen LogP contribution in [0.2, 0.25) is 0 Å². The fourth-order valence-electron chi connectivity index (χ4n) is 2.71. The third-order valence-corrected chi connectivity index (χ3v) is 4.17. The van der Waals surface area contributed by atoms with E-state index in [2.05, 4.69) is 20.6 Å². The van der Waals surface area contributed by atoms with Gasteiger partial charge in [-0.25, -0.2) is 4.98 Å². The maximum Gasteiger partial charge on any atom is 0.287 e. The molecule has 3 rings (SSSR count). The standard InChI is InChI=1S/C20H20N4O5/c1-28-15-8-7-12(11-16(15)29-2)18(25)21-9-10-22-20(27)17-23-14-6-4-3-5-13(14)19(26)24-17/h3-8,11H,9-10H2,1-2H3,(H,21,25)(H,22,27)(H,23,24,26). The first-order valence-corrected chi connectivity index (χ1v) is 8.81. The summed E-state index contributed by atoms with van der Waals surface area (Å²) >= 11 is 0. The van der Waals surface area contributed by atoms with Crippen molar-refractivity contribution in [3.8, 4) is 11.5 Å². The molecule has 0 fully saturated rings. The molecule has 0 saturated carbocycles. The number of hydrogen-bond acceptors (Lipinski definition) is 6. The third-order valence-electron chi connectivity index (χ3n) is 4.17. The second-order valence-corrected chi connectivity index (χ2v) is 6.01. The fraction of sp³-hybridized carbons (Fsp3) is 0.200. The lowest BCUT2D eigenvalue weighted by Crippen LogP contribution is -2.36. The smallest absolute Gasteiger partial charge is 0.287 e. The van der Waals surface area contributed by atoms with Crippen LogP contribution >= 0.6 is 0 Å². The highest BCUT2D eigenvalue weighted by atomic mass is 16.5. The molecule has 0 unspecified atom stereocenters. The molecule has 3 N–H and O–H groups in total. The Labute approximate surface area is 166 Å². The van der Waals surface area contributed by atoms with Crippen LogP contribution in [0.1, 0.15) is 21.0 Å². The number of carbonyl (C=O) groups excluding carboxylic acids is 2. The zero-order chi connectivity index (χ0) is 20.8. The van der Waals surface area contributed by atoms with E-state index in [0.717, 1.165) is 0 Å². The number of carbonyl (C=O) groups is 2. The van der Waals surface area contributed by atoms with Gasteiger partial charge in [-0.2, -0.15) is 0 Å². The van der Waals surface area contributed by atoms with E-state index in [-0.39, 0.29) is 30.4 Å². The average molecular weight is 396 g/mol. The SMILES string of the molecule is COc1ccc(C(=O)NCCNC(=O)c2nc3ccccc3c(=O)[nH]2)cc1OC. The molecule has 9 heteroatoms. The van der Waals surface area contributed by atoms with Gasteiger partial charge in [0.25, 0.3) is 17.4 Å². The molecule has 0 bridgehead atoms. The summed E-state index contributed by atoms with van der Waals surface area (Å²) < 4.78 is 10.3. The van der Waals surface area contributed by atoms with Gasteiger partial charge in [0.2, 0.25) is 0 Å². The third kappa shape index (κ3) is 4.52. The van der Waals surface area contributed by atoms with Gasteiger partial charge >= 0.3 is 0 Å². The van der Waals surface area contributed by atoms with Crippen molar-refractivity contribution >= 4 is 22.7 Å². The highest BCUT2D eigenvalue weighted by Gasteiger charge is 2.12. The normalized spacial score (nSPS) is 10.4. The van der Waals surface area contributed by atoms with Crippen LogP contribution in [0.3, 0.4) is 0 Å². The number of nitrogens with zero attached hydrogens (tertiary/aromatic N) is 1. The molecule has 0 atom stereocenters. The van der Waals surface area contributed by atoms with Crippen LogP contribution in [-0.2, 0) is 0 Å². The minimum atomic E-state index is -0.534. The number of fused-ring (bicyclic) bond motifs is 1. The summed E-state index contributed by atoms with van der Waals surface area (Å²) in [5, 5.41) is 5.71. The maximum atomic E-state index is 12.2. The number of methoxy groups -OCH3 is 2. The molecule has 0 aliphatic rings. The van der Waals surface area contributed by atoms with Crippen LogP contribution in [0.4, 0.5) is 0 Å². The van der Waals surface area contributed by atoms with Crippen LogP contribution in [-0.4, -0.2) is 49.1 Å². The summed E-state index contributed by atoms with van der Waals surface area (Å²) in [7, 11) is 3.00. The number of ether oxygens (including phenoxy) is 2. The molecule has 2 amide bonds. The van der Waals surface area contributed by atoms with E-state index in [0.29, 0.717) is 28.0 Å². The lowest BCUT2D eigenvalue weighted by atomic mass is 10.2. The minimum absolute atomic E-state index is 0.0834. The van der Waals surface area contributed by atoms with Gasteiger partial charge in [-0.3, -0.25) is 14.4 Å². The van der Waals surface area contributed by atoms with Crippen LogP contribution < -0.4 is 25.7 Å². The number of H-pyrrole nitrogens is 1. The Hall–Kier alpha value is -3.88. The van der Waals surface area contributed by atoms with Gasteiger partial charge in [0.1, 0.15) is 0 Å². The van der Waals surface area contributed by atoms with Crippen LogP contribution in [0.15, 0.2) is 47.3 Å². The van der Waals surface area contributed by atoms with Gasteiger partial charge in [0.15, 0.2) is 17.3 Å². The Kier molecular flexibility index (Phi) is 6.08. The van der Waals surface area contributed by atoms with E-state index in [1.54, 1.807) is 42.5 Å². The summed E-state index contributed by atoms with van der Waals surface area (Å²) in [5.41, 5.74) is 0.445. The molecule has 0 saturated heterocycles. The number of para-hydroxylation sites is 1. The summed E-state index contributed by atoms with van der Waals surface area (Å²) in [5.74, 6) is 0.0264. The lowest BCUT2D eigenvalue weighted by Gasteiger charge is -2.10. The van der Waals surface area contributed by atoms with Crippen LogP contribution in [0.5, 0.6) is 11.5 Å². The topological polar surface area (TPSA) is 122 Å². The van der Waals surface area contributed by atoms with Crippen molar-refractivity contribution in [2.45, 2.75) is 0 Å². The largest absolute Gasteiger partial charge is 0.493 e. The number of aromatic nitrogens is 2. The minimum Gasteiger partial charge on any atom is -0.493 e. The number of aromatic amines is 1. The Balaban J connectivity index is 1.56. The van der Waals surface area contributed by atoms with E-state index in [9.17, 15) is 14.4 Å². The summed E-state index contributed by atoms with van der Waals surface area (Å²) in [6.07, 6.45) is 0. The van der Waals surface area contributed by atoms with Gasteiger partial charge in [0, 0.05) is 18.7 Å². The van der Waals surface area contributed by atoms with Crippen LogP contribution in [0, 0.1) is 0 Å². The lowest BCUT2D eigenvalue weighted by molar-refractivity contribution is 0.0922. The average Bonchev–Trinajstić information content (AvgIpc) is 2.75. The monoisotopic (exact) mass is 396 g/mol. The molecule has 9 nitrogen and oxygen atoms in total. The number of nitrogens with one attached hydrogen (secondary N) is 3. The molecule has 1 heterocycles. The van der Waals surface area contributed by atoms with Gasteiger partial charge < -0.3 is 25.1 Å². The molecular formula is C20H20N4O5. The Morgan fingerprint density at radius 2 is 1.66 bits per heavy atom. The van der Waals surface area contributed by atoms with Crippen molar-refractivity contribution in [3.63, 3.8) is 0 Å². The molecular weight excluding hydrogens is 376 g/mol. The molecule has 29 heavy (non-hydrogen) atoms. The predicted octanol–water partition coefficient (Wildman–Crippen LogP) is 1.10. The zero-order valence-corrected chi connectivity index (χ0v) is 15.9. The summed E-state index contributed by atoms with van der Waals surface area (Å²) in [6.45, 7) is 0.352. The maximum absolute atomic E-state index is 12.2. The molecule has 150 valence electrons. The molecule has 0 radical (unpaired) electrons. The van der Waals surface area contributed by atoms with Crippen molar-refractivity contribution in [2.75, 3.05) is 27.3 Å².